The van der Waals surface area contributed by atoms with Crippen molar-refractivity contribution >= 4 is 16.9 Å². The average Bonchev–Trinajstić information content (AvgIpc) is 2.91. The van der Waals surface area contributed by atoms with Crippen LogP contribution in [0.5, 0.6) is 11.5 Å². The van der Waals surface area contributed by atoms with Crippen LogP contribution in [0.15, 0.2) is 42.5 Å². The molecule has 158 valence electrons. The van der Waals surface area contributed by atoms with Crippen LogP contribution < -0.4 is 14.8 Å². The number of rotatable bonds is 4. The van der Waals surface area contributed by atoms with Crippen molar-refractivity contribution in [3.05, 3.63) is 53.9 Å². The maximum Gasteiger partial charge on any atom is 0.449 e. The summed E-state index contributed by atoms with van der Waals surface area (Å²) in [4.78, 5) is 16.2. The minimum Gasteiger partial charge on any atom is -0.490 e. The van der Waals surface area contributed by atoms with Gasteiger partial charge in [-0.2, -0.15) is 13.2 Å². The van der Waals surface area contributed by atoms with Crippen LogP contribution in [0.3, 0.4) is 0 Å². The van der Waals surface area contributed by atoms with Gasteiger partial charge in [0.15, 0.2) is 11.5 Å². The van der Waals surface area contributed by atoms with Gasteiger partial charge in [-0.15, -0.1) is 0 Å². The molecule has 3 aromatic rings. The first-order valence-electron chi connectivity index (χ1n) is 9.54. The van der Waals surface area contributed by atoms with Gasteiger partial charge in [-0.05, 0) is 36.8 Å². The number of hydrogen-bond acceptors (Lipinski definition) is 4. The first kappa shape index (κ1) is 20.1. The lowest BCUT2D eigenvalue weighted by Gasteiger charge is -2.17. The van der Waals surface area contributed by atoms with Crippen LogP contribution >= 0.6 is 0 Å². The highest BCUT2D eigenvalue weighted by Gasteiger charge is 2.38. The zero-order valence-corrected chi connectivity index (χ0v) is 16.2. The lowest BCUT2D eigenvalue weighted by molar-refractivity contribution is -0.147. The Bertz CT molecular complexity index is 1080. The van der Waals surface area contributed by atoms with E-state index in [0.717, 1.165) is 16.6 Å². The Morgan fingerprint density at radius 2 is 1.90 bits per heavy atom. The Morgan fingerprint density at radius 3 is 2.67 bits per heavy atom. The molecule has 6 nitrogen and oxygen atoms in total. The number of aromatic nitrogens is 2. The Morgan fingerprint density at radius 1 is 1.17 bits per heavy atom. The number of imidazole rings is 1. The van der Waals surface area contributed by atoms with Crippen molar-refractivity contribution in [1.82, 2.24) is 14.9 Å². The molecule has 0 aliphatic carbocycles. The number of halogens is 3. The molecular weight excluding hydrogens is 399 g/mol. The molecule has 2 heterocycles. The van der Waals surface area contributed by atoms with E-state index in [0.29, 0.717) is 24.7 Å². The summed E-state index contributed by atoms with van der Waals surface area (Å²) in [5.41, 5.74) is 1.20. The maximum atomic E-state index is 13.4. The van der Waals surface area contributed by atoms with E-state index in [-0.39, 0.29) is 11.0 Å². The predicted octanol–water partition coefficient (Wildman–Crippen LogP) is 4.09. The van der Waals surface area contributed by atoms with E-state index in [1.165, 1.54) is 12.1 Å². The van der Waals surface area contributed by atoms with E-state index in [1.54, 1.807) is 37.3 Å². The van der Waals surface area contributed by atoms with Crippen molar-refractivity contribution in [2.75, 3.05) is 13.2 Å². The number of hydrogen-bond donors (Lipinski definition) is 1. The zero-order chi connectivity index (χ0) is 21.3. The van der Waals surface area contributed by atoms with Gasteiger partial charge in [0.2, 0.25) is 11.7 Å². The highest BCUT2D eigenvalue weighted by Crippen LogP contribution is 2.33. The van der Waals surface area contributed by atoms with Gasteiger partial charge in [0.1, 0.15) is 6.54 Å². The summed E-state index contributed by atoms with van der Waals surface area (Å²) >= 11 is 0. The van der Waals surface area contributed by atoms with Gasteiger partial charge in [0, 0.05) is 6.42 Å². The number of para-hydroxylation sites is 2. The SMILES string of the molecule is CC(NC(=O)Cn1c(C(F)(F)F)nc2ccccc21)c1ccc2c(c1)OCCCO2. The topological polar surface area (TPSA) is 65.4 Å². The molecule has 1 amide bonds. The molecule has 0 radical (unpaired) electrons. The van der Waals surface area contributed by atoms with Gasteiger partial charge < -0.3 is 19.4 Å². The maximum absolute atomic E-state index is 13.4. The number of alkyl halides is 3. The number of fused-ring (bicyclic) bond motifs is 2. The molecule has 0 bridgehead atoms. The van der Waals surface area contributed by atoms with Crippen molar-refractivity contribution in [1.29, 1.82) is 0 Å². The van der Waals surface area contributed by atoms with Crippen LogP contribution in [-0.2, 0) is 17.5 Å². The molecule has 2 aromatic carbocycles. The van der Waals surface area contributed by atoms with Gasteiger partial charge >= 0.3 is 6.18 Å². The van der Waals surface area contributed by atoms with E-state index in [1.807, 2.05) is 0 Å². The summed E-state index contributed by atoms with van der Waals surface area (Å²) in [5.74, 6) is -0.425. The quantitative estimate of drug-likeness (QED) is 0.692. The molecule has 1 unspecified atom stereocenters. The fourth-order valence-electron chi connectivity index (χ4n) is 3.42. The number of benzene rings is 2. The van der Waals surface area contributed by atoms with Crippen LogP contribution in [0, 0.1) is 0 Å². The smallest absolute Gasteiger partial charge is 0.449 e. The highest BCUT2D eigenvalue weighted by atomic mass is 19.4. The molecule has 9 heteroatoms. The molecule has 1 N–H and O–H groups in total. The summed E-state index contributed by atoms with van der Waals surface area (Å²) in [6.45, 7) is 2.36. The van der Waals surface area contributed by atoms with Gasteiger partial charge in [-0.3, -0.25) is 4.79 Å². The summed E-state index contributed by atoms with van der Waals surface area (Å²) in [5, 5.41) is 2.75. The van der Waals surface area contributed by atoms with Crippen LogP contribution in [0.2, 0.25) is 0 Å². The van der Waals surface area contributed by atoms with Crippen molar-refractivity contribution in [3.63, 3.8) is 0 Å². The van der Waals surface area contributed by atoms with Gasteiger partial charge in [0.05, 0.1) is 30.3 Å². The minimum absolute atomic E-state index is 0.188. The lowest BCUT2D eigenvalue weighted by Crippen LogP contribution is -2.31. The predicted molar refractivity (Wildman–Crippen MR) is 103 cm³/mol. The molecule has 0 saturated carbocycles. The van der Waals surface area contributed by atoms with E-state index in [4.69, 9.17) is 9.47 Å². The standard InChI is InChI=1S/C21H20F3N3O3/c1-13(14-7-8-17-18(11-14)30-10-4-9-29-17)25-19(28)12-27-16-6-3-2-5-15(16)26-20(27)21(22,23)24/h2-3,5-8,11,13H,4,9-10,12H2,1H3,(H,25,28). The number of amides is 1. The number of ether oxygens (including phenoxy) is 2. The number of nitrogens with one attached hydrogen (secondary N) is 1. The summed E-state index contributed by atoms with van der Waals surface area (Å²) in [6.07, 6.45) is -3.89. The van der Waals surface area contributed by atoms with E-state index in [9.17, 15) is 18.0 Å². The lowest BCUT2D eigenvalue weighted by atomic mass is 10.1. The summed E-state index contributed by atoms with van der Waals surface area (Å²) in [7, 11) is 0. The molecule has 0 spiro atoms. The van der Waals surface area contributed by atoms with Crippen LogP contribution in [0.1, 0.15) is 30.8 Å². The normalized spacial score (nSPS) is 14.9. The van der Waals surface area contributed by atoms with E-state index >= 15 is 0 Å². The van der Waals surface area contributed by atoms with Crippen molar-refractivity contribution < 1.29 is 27.4 Å². The Balaban J connectivity index is 1.53. The fourth-order valence-corrected chi connectivity index (χ4v) is 3.42. The largest absolute Gasteiger partial charge is 0.490 e. The summed E-state index contributed by atoms with van der Waals surface area (Å²) in [6, 6.07) is 11.1. The fraction of sp³-hybridized carbons (Fsp3) is 0.333. The van der Waals surface area contributed by atoms with Crippen LogP contribution in [-0.4, -0.2) is 28.7 Å². The molecule has 1 aliphatic rings. The molecule has 1 aromatic heterocycles. The van der Waals surface area contributed by atoms with Crippen LogP contribution in [0.25, 0.3) is 11.0 Å². The summed E-state index contributed by atoms with van der Waals surface area (Å²) < 4.78 is 52.4. The van der Waals surface area contributed by atoms with Crippen molar-refractivity contribution in [2.24, 2.45) is 0 Å². The highest BCUT2D eigenvalue weighted by molar-refractivity contribution is 5.81. The van der Waals surface area contributed by atoms with Crippen LogP contribution in [0.4, 0.5) is 13.2 Å². The molecule has 1 aliphatic heterocycles. The molecule has 30 heavy (non-hydrogen) atoms. The first-order valence-corrected chi connectivity index (χ1v) is 9.54. The molecule has 0 fully saturated rings. The number of carbonyl (C=O) groups excluding carboxylic acids is 1. The molecular formula is C21H20F3N3O3. The average molecular weight is 419 g/mol. The second kappa shape index (κ2) is 7.89. The Kier molecular flexibility index (Phi) is 5.27. The van der Waals surface area contributed by atoms with Gasteiger partial charge in [0.25, 0.3) is 0 Å². The van der Waals surface area contributed by atoms with Crippen molar-refractivity contribution in [3.8, 4) is 11.5 Å². The van der Waals surface area contributed by atoms with Gasteiger partial charge in [-0.1, -0.05) is 18.2 Å². The number of nitrogens with zero attached hydrogens (tertiary/aromatic N) is 2. The van der Waals surface area contributed by atoms with E-state index < -0.39 is 30.5 Å². The molecule has 0 saturated heterocycles. The molecule has 4 rings (SSSR count). The Labute approximate surface area is 170 Å². The second-order valence-electron chi connectivity index (χ2n) is 7.05. The third-order valence-corrected chi connectivity index (χ3v) is 4.86. The zero-order valence-electron chi connectivity index (χ0n) is 16.2. The first-order chi connectivity index (χ1) is 14.3. The monoisotopic (exact) mass is 419 g/mol. The number of carbonyl (C=O) groups is 1. The third kappa shape index (κ3) is 4.05. The van der Waals surface area contributed by atoms with E-state index in [2.05, 4.69) is 10.3 Å². The van der Waals surface area contributed by atoms with Gasteiger partial charge in [-0.25, -0.2) is 4.98 Å². The second-order valence-corrected chi connectivity index (χ2v) is 7.05. The van der Waals surface area contributed by atoms with Crippen molar-refractivity contribution in [2.45, 2.75) is 32.1 Å². The minimum atomic E-state index is -4.67. The molecule has 1 atom stereocenters. The third-order valence-electron chi connectivity index (χ3n) is 4.86. The Hall–Kier alpha value is -3.23.